The zero-order valence-electron chi connectivity index (χ0n) is 5.36. The van der Waals surface area contributed by atoms with Crippen LogP contribution in [-0.4, -0.2) is 23.4 Å². The number of ether oxygens (including phenoxy) is 1. The molecule has 0 aliphatic heterocycles. The number of hydrogen-bond acceptors (Lipinski definition) is 3. The number of nitrogens with two attached hydrogens (primary N) is 1. The standard InChI is InChI=1S/C6H9NO3/c7-4-1-2-5(3-4)10-6(8)9/h1-2,4-5H,3,7H2,(H,8,9)/t4-,5+/m1/s1. The molecular formula is C6H9NO3. The smallest absolute Gasteiger partial charge is 0.450 e. The summed E-state index contributed by atoms with van der Waals surface area (Å²) in [5, 5.41) is 8.16. The Morgan fingerprint density at radius 3 is 2.80 bits per heavy atom. The van der Waals surface area contributed by atoms with Gasteiger partial charge in [0.1, 0.15) is 6.10 Å². The van der Waals surface area contributed by atoms with E-state index in [4.69, 9.17) is 10.8 Å². The molecule has 2 atom stereocenters. The first kappa shape index (κ1) is 7.08. The van der Waals surface area contributed by atoms with Crippen LogP contribution in [0.2, 0.25) is 0 Å². The molecule has 0 aromatic heterocycles. The number of carbonyl (C=O) groups is 1. The van der Waals surface area contributed by atoms with Crippen molar-refractivity contribution in [1.29, 1.82) is 0 Å². The highest BCUT2D eigenvalue weighted by molar-refractivity contribution is 5.57. The summed E-state index contributed by atoms with van der Waals surface area (Å²) in [5.41, 5.74) is 5.44. The normalized spacial score (nSPS) is 30.5. The Balaban J connectivity index is 2.33. The van der Waals surface area contributed by atoms with E-state index in [1.165, 1.54) is 0 Å². The van der Waals surface area contributed by atoms with Crippen molar-refractivity contribution < 1.29 is 14.6 Å². The molecule has 10 heavy (non-hydrogen) atoms. The third kappa shape index (κ3) is 1.73. The van der Waals surface area contributed by atoms with Crippen LogP contribution in [0, 0.1) is 0 Å². The van der Waals surface area contributed by atoms with Gasteiger partial charge in [-0.05, 0) is 6.08 Å². The molecule has 1 aliphatic carbocycles. The van der Waals surface area contributed by atoms with E-state index in [9.17, 15) is 4.79 Å². The topological polar surface area (TPSA) is 72.5 Å². The molecule has 0 aromatic rings. The van der Waals surface area contributed by atoms with Crippen LogP contribution in [0.3, 0.4) is 0 Å². The molecule has 1 aliphatic rings. The van der Waals surface area contributed by atoms with Gasteiger partial charge in [0.2, 0.25) is 0 Å². The fourth-order valence-corrected chi connectivity index (χ4v) is 0.909. The van der Waals surface area contributed by atoms with Crippen molar-refractivity contribution in [2.24, 2.45) is 5.73 Å². The van der Waals surface area contributed by atoms with Crippen LogP contribution in [0.1, 0.15) is 6.42 Å². The van der Waals surface area contributed by atoms with E-state index in [0.717, 1.165) is 0 Å². The van der Waals surface area contributed by atoms with E-state index in [2.05, 4.69) is 4.74 Å². The van der Waals surface area contributed by atoms with E-state index in [1.807, 2.05) is 0 Å². The van der Waals surface area contributed by atoms with Gasteiger partial charge in [0, 0.05) is 12.5 Å². The van der Waals surface area contributed by atoms with Crippen molar-refractivity contribution in [3.8, 4) is 0 Å². The lowest BCUT2D eigenvalue weighted by Gasteiger charge is -2.06. The lowest BCUT2D eigenvalue weighted by Crippen LogP contribution is -2.20. The molecular weight excluding hydrogens is 134 g/mol. The summed E-state index contributed by atoms with van der Waals surface area (Å²) in [4.78, 5) is 9.97. The summed E-state index contributed by atoms with van der Waals surface area (Å²) in [5.74, 6) is 0. The second-order valence-corrected chi connectivity index (χ2v) is 2.21. The first-order chi connectivity index (χ1) is 4.68. The molecule has 0 saturated carbocycles. The summed E-state index contributed by atoms with van der Waals surface area (Å²) in [7, 11) is 0. The van der Waals surface area contributed by atoms with Gasteiger partial charge in [0.15, 0.2) is 0 Å². The van der Waals surface area contributed by atoms with E-state index in [0.29, 0.717) is 6.42 Å². The average molecular weight is 143 g/mol. The van der Waals surface area contributed by atoms with Crippen molar-refractivity contribution in [2.75, 3.05) is 0 Å². The van der Waals surface area contributed by atoms with Gasteiger partial charge < -0.3 is 15.6 Å². The maximum atomic E-state index is 9.97. The Hall–Kier alpha value is -1.03. The van der Waals surface area contributed by atoms with Gasteiger partial charge in [-0.15, -0.1) is 0 Å². The molecule has 0 unspecified atom stereocenters. The lowest BCUT2D eigenvalue weighted by atomic mass is 10.2. The molecule has 0 fully saturated rings. The van der Waals surface area contributed by atoms with Crippen molar-refractivity contribution in [3.63, 3.8) is 0 Å². The molecule has 56 valence electrons. The lowest BCUT2D eigenvalue weighted by molar-refractivity contribution is 0.0683. The van der Waals surface area contributed by atoms with Gasteiger partial charge in [0.05, 0.1) is 0 Å². The molecule has 0 saturated heterocycles. The minimum absolute atomic E-state index is 0.0515. The van der Waals surface area contributed by atoms with Crippen LogP contribution < -0.4 is 5.73 Å². The van der Waals surface area contributed by atoms with Crippen molar-refractivity contribution in [2.45, 2.75) is 18.6 Å². The first-order valence-electron chi connectivity index (χ1n) is 3.02. The predicted molar refractivity (Wildman–Crippen MR) is 34.6 cm³/mol. The monoisotopic (exact) mass is 143 g/mol. The molecule has 0 aromatic carbocycles. The molecule has 1 rings (SSSR count). The molecule has 4 nitrogen and oxygen atoms in total. The van der Waals surface area contributed by atoms with Gasteiger partial charge in [-0.2, -0.15) is 0 Å². The fourth-order valence-electron chi connectivity index (χ4n) is 0.909. The second kappa shape index (κ2) is 2.70. The summed E-state index contributed by atoms with van der Waals surface area (Å²) >= 11 is 0. The van der Waals surface area contributed by atoms with Crippen LogP contribution in [0.4, 0.5) is 4.79 Å². The van der Waals surface area contributed by atoms with Crippen LogP contribution in [-0.2, 0) is 4.74 Å². The number of hydrogen-bond donors (Lipinski definition) is 2. The fraction of sp³-hybridized carbons (Fsp3) is 0.500. The average Bonchev–Trinajstić information content (AvgIpc) is 2.13. The van der Waals surface area contributed by atoms with E-state index in [-0.39, 0.29) is 12.1 Å². The predicted octanol–water partition coefficient (Wildman–Crippen LogP) is 0.337. The summed E-state index contributed by atoms with van der Waals surface area (Å²) < 4.78 is 4.43. The zero-order chi connectivity index (χ0) is 7.56. The Labute approximate surface area is 58.3 Å². The van der Waals surface area contributed by atoms with Gasteiger partial charge in [-0.3, -0.25) is 0 Å². The molecule has 4 heteroatoms. The van der Waals surface area contributed by atoms with Gasteiger partial charge in [-0.25, -0.2) is 4.79 Å². The molecule has 0 radical (unpaired) electrons. The Morgan fingerprint density at radius 2 is 2.40 bits per heavy atom. The highest BCUT2D eigenvalue weighted by Crippen LogP contribution is 2.11. The quantitative estimate of drug-likeness (QED) is 0.410. The Kier molecular flexibility index (Phi) is 1.91. The number of carboxylic acid groups (broad SMARTS) is 1. The summed E-state index contributed by atoms with van der Waals surface area (Å²) in [6.45, 7) is 0. The molecule has 0 amide bonds. The third-order valence-electron chi connectivity index (χ3n) is 1.33. The maximum Gasteiger partial charge on any atom is 0.506 e. The second-order valence-electron chi connectivity index (χ2n) is 2.21. The largest absolute Gasteiger partial charge is 0.506 e. The highest BCUT2D eigenvalue weighted by Gasteiger charge is 2.18. The van der Waals surface area contributed by atoms with Gasteiger partial charge >= 0.3 is 6.16 Å². The first-order valence-corrected chi connectivity index (χ1v) is 3.02. The van der Waals surface area contributed by atoms with Gasteiger partial charge in [0.25, 0.3) is 0 Å². The molecule has 0 spiro atoms. The SMILES string of the molecule is N[C@@H]1C=C[C@H](OC(=O)O)C1. The maximum absolute atomic E-state index is 9.97. The van der Waals surface area contributed by atoms with Crippen LogP contribution in [0.5, 0.6) is 0 Å². The minimum Gasteiger partial charge on any atom is -0.450 e. The van der Waals surface area contributed by atoms with Crippen LogP contribution >= 0.6 is 0 Å². The van der Waals surface area contributed by atoms with Crippen molar-refractivity contribution in [1.82, 2.24) is 0 Å². The van der Waals surface area contributed by atoms with Crippen molar-refractivity contribution in [3.05, 3.63) is 12.2 Å². The Morgan fingerprint density at radius 1 is 1.70 bits per heavy atom. The van der Waals surface area contributed by atoms with Gasteiger partial charge in [-0.1, -0.05) is 6.08 Å². The molecule has 0 heterocycles. The summed E-state index contributed by atoms with van der Waals surface area (Å²) in [6, 6.07) is -0.0515. The van der Waals surface area contributed by atoms with Crippen LogP contribution in [0.15, 0.2) is 12.2 Å². The zero-order valence-corrected chi connectivity index (χ0v) is 5.36. The highest BCUT2D eigenvalue weighted by atomic mass is 16.7. The minimum atomic E-state index is -1.25. The summed E-state index contributed by atoms with van der Waals surface area (Å²) in [6.07, 6.45) is 2.38. The molecule has 0 bridgehead atoms. The molecule has 3 N–H and O–H groups in total. The Bertz CT molecular complexity index is 166. The van der Waals surface area contributed by atoms with E-state index >= 15 is 0 Å². The van der Waals surface area contributed by atoms with Crippen LogP contribution in [0.25, 0.3) is 0 Å². The van der Waals surface area contributed by atoms with E-state index in [1.54, 1.807) is 12.2 Å². The van der Waals surface area contributed by atoms with Crippen molar-refractivity contribution >= 4 is 6.16 Å². The third-order valence-corrected chi connectivity index (χ3v) is 1.33. The number of rotatable bonds is 1. The van der Waals surface area contributed by atoms with E-state index < -0.39 is 6.16 Å².